The van der Waals surface area contributed by atoms with E-state index >= 15 is 0 Å². The van der Waals surface area contributed by atoms with E-state index < -0.39 is 102 Å². The van der Waals surface area contributed by atoms with Gasteiger partial charge in [0.15, 0.2) is 13.3 Å². The summed E-state index contributed by atoms with van der Waals surface area (Å²) in [6.45, 7) is -8.73. The van der Waals surface area contributed by atoms with Crippen LogP contribution in [0.2, 0.25) is 0 Å². The Hall–Kier alpha value is -1.69. The number of alkyl halides is 29. The van der Waals surface area contributed by atoms with Crippen molar-refractivity contribution in [3.8, 4) is 0 Å². The molecule has 0 aromatic carbocycles. The normalized spacial score (nSPS) is 14.2. The quantitative estimate of drug-likeness (QED) is 0.126. The first-order valence-corrected chi connectivity index (χ1v) is 13.1. The molecule has 0 aliphatic rings. The summed E-state index contributed by atoms with van der Waals surface area (Å²) in [5, 5.41) is -11.4. The second kappa shape index (κ2) is 25.8. The molecule has 360 valence electrons. The fourth-order valence-electron chi connectivity index (χ4n) is 1.28. The Bertz CT molecular complexity index is 1100. The van der Waals surface area contributed by atoms with E-state index in [0.717, 1.165) is 0 Å². The van der Waals surface area contributed by atoms with Crippen molar-refractivity contribution in [3.63, 3.8) is 0 Å². The van der Waals surface area contributed by atoms with Crippen LogP contribution in [0, 0.1) is 0 Å². The van der Waals surface area contributed by atoms with E-state index in [1.807, 2.05) is 0 Å². The summed E-state index contributed by atoms with van der Waals surface area (Å²) in [4.78, 5) is 0. The zero-order valence-corrected chi connectivity index (χ0v) is 26.6. The highest BCUT2D eigenvalue weighted by atomic mass is 79.9. The third-order valence-corrected chi connectivity index (χ3v) is 4.40. The maximum Gasteiger partial charge on any atom is 0.458 e. The van der Waals surface area contributed by atoms with E-state index in [2.05, 4.69) is 9.47 Å². The molecule has 0 heterocycles. The van der Waals surface area contributed by atoms with Crippen molar-refractivity contribution in [3.05, 3.63) is 0 Å². The van der Waals surface area contributed by atoms with E-state index in [1.54, 1.807) is 15.9 Å². The lowest BCUT2D eigenvalue weighted by Crippen LogP contribution is -2.67. The Labute approximate surface area is 312 Å². The molecule has 0 radical (unpaired) electrons. The van der Waals surface area contributed by atoms with Gasteiger partial charge in [-0.3, -0.25) is 13.7 Å². The van der Waals surface area contributed by atoms with Gasteiger partial charge < -0.3 is 9.47 Å². The van der Waals surface area contributed by atoms with Crippen LogP contribution < -0.4 is 0 Å². The van der Waals surface area contributed by atoms with Crippen LogP contribution in [-0.4, -0.2) is 112 Å². The van der Waals surface area contributed by atoms with Gasteiger partial charge in [-0.25, -0.2) is 17.6 Å². The summed E-state index contributed by atoms with van der Waals surface area (Å²) in [6.07, 6.45) is -38.1. The monoisotopic (exact) mass is 1020 g/mol. The third-order valence-electron chi connectivity index (χ3n) is 3.27. The summed E-state index contributed by atoms with van der Waals surface area (Å²) in [7, 11) is -7.11. The molecule has 0 aliphatic heterocycles. The molecule has 6 nitrogen and oxygen atoms in total. The zero-order valence-electron chi connectivity index (χ0n) is 24.2. The van der Waals surface area contributed by atoms with Gasteiger partial charge in [-0.1, -0.05) is 29.7 Å². The highest BCUT2D eigenvalue weighted by molar-refractivity contribution is 9.09. The van der Waals surface area contributed by atoms with Gasteiger partial charge in [0, 0.05) is 22.9 Å². The molecule has 0 rings (SSSR count). The number of ether oxygens (including phenoxy) is 3. The molecule has 0 saturated heterocycles. The zero-order chi connectivity index (χ0) is 44.9. The van der Waals surface area contributed by atoms with Gasteiger partial charge in [0.25, 0.3) is 5.92 Å². The lowest BCUT2D eigenvalue weighted by Gasteiger charge is -2.38. The minimum atomic E-state index is -7.88. The van der Waals surface area contributed by atoms with Gasteiger partial charge in [0.2, 0.25) is 0 Å². The van der Waals surface area contributed by atoms with E-state index in [9.17, 15) is 131 Å². The topological polar surface area (TPSA) is 82.1 Å². The predicted octanol–water partition coefficient (Wildman–Crippen LogP) is 12.9. The predicted molar refractivity (Wildman–Crippen MR) is 143 cm³/mol. The average molecular weight is 1020 g/mol. The lowest BCUT2D eigenvalue weighted by atomic mass is 10.2. The molecular weight excluding hydrogens is 992 g/mol. The highest BCUT2D eigenvalue weighted by Crippen LogP contribution is 2.55. The molecule has 36 heteroatoms. The summed E-state index contributed by atoms with van der Waals surface area (Å²) < 4.78 is 364. The van der Waals surface area contributed by atoms with Crippen LogP contribution in [0.15, 0.2) is 0 Å². The molecule has 1 unspecified atom stereocenters. The largest absolute Gasteiger partial charge is 0.458 e. The molecule has 0 spiro atoms. The van der Waals surface area contributed by atoms with Crippen molar-refractivity contribution >= 4 is 26.0 Å². The van der Waals surface area contributed by atoms with Gasteiger partial charge in [-0.15, -0.1) is 0 Å². The maximum absolute atomic E-state index is 13.5. The summed E-state index contributed by atoms with van der Waals surface area (Å²) in [6, 6.07) is 0. The Morgan fingerprint density at radius 3 is 0.947 bits per heavy atom. The molecule has 1 atom stereocenters. The van der Waals surface area contributed by atoms with Gasteiger partial charge >= 0.3 is 69.1 Å². The van der Waals surface area contributed by atoms with Crippen LogP contribution in [-0.2, 0) is 24.3 Å². The molecule has 0 amide bonds. The number of hydrogen-bond donors (Lipinski definition) is 1. The molecular formula is C21H31BrF28O6S. The van der Waals surface area contributed by atoms with Crippen LogP contribution in [0.5, 0.6) is 0 Å². The first-order valence-electron chi connectivity index (χ1n) is 10.9. The van der Waals surface area contributed by atoms with Gasteiger partial charge in [-0.05, 0) is 0 Å². The molecule has 0 saturated carbocycles. The first kappa shape index (κ1) is 76.1. The summed E-state index contributed by atoms with van der Waals surface area (Å²) in [5.74, 6) is -18.7. The Balaban J connectivity index is -0.0000000964. The molecule has 57 heavy (non-hydrogen) atoms. The van der Waals surface area contributed by atoms with Crippen LogP contribution in [0.3, 0.4) is 0 Å². The third kappa shape index (κ3) is 30.9. The van der Waals surface area contributed by atoms with E-state index in [-0.39, 0.29) is 29.7 Å². The fraction of sp³-hybridized carbons (Fsp3) is 1.00. The molecule has 0 aliphatic carbocycles. The van der Waals surface area contributed by atoms with Crippen molar-refractivity contribution in [1.29, 1.82) is 0 Å². The SMILES string of the molecule is C.C.C.C.CC(F)(F)CF.CF.FC(F)(F)COC(F)(F)Br.FCC(F)(F)F.O=S(=O)(O)C(F)(F)C(F)(F)C(F)(F)OC(F)(C(F)(F)F)C(F)(F)OCC(F)(F)F. The Morgan fingerprint density at radius 1 is 0.526 bits per heavy atom. The summed E-state index contributed by atoms with van der Waals surface area (Å²) in [5.41, 5.74) is 0. The van der Waals surface area contributed by atoms with Crippen molar-refractivity contribution in [2.75, 3.05) is 33.7 Å². The average Bonchev–Trinajstić information content (AvgIpc) is 2.89. The number of rotatable bonds is 11. The van der Waals surface area contributed by atoms with Crippen LogP contribution in [0.25, 0.3) is 0 Å². The van der Waals surface area contributed by atoms with Gasteiger partial charge in [0.1, 0.15) is 13.2 Å². The van der Waals surface area contributed by atoms with Crippen molar-refractivity contribution in [2.45, 2.75) is 102 Å². The minimum Gasteiger partial charge on any atom is -0.306 e. The highest BCUT2D eigenvalue weighted by Gasteiger charge is 2.85. The Kier molecular flexibility index (Phi) is 34.5. The fourth-order valence-corrected chi connectivity index (χ4v) is 1.84. The van der Waals surface area contributed by atoms with E-state index in [4.69, 9.17) is 4.55 Å². The van der Waals surface area contributed by atoms with E-state index in [0.29, 0.717) is 14.1 Å². The van der Waals surface area contributed by atoms with Crippen molar-refractivity contribution in [2.24, 2.45) is 0 Å². The Morgan fingerprint density at radius 2 is 0.789 bits per heavy atom. The molecule has 0 bridgehead atoms. The number of hydrogen-bond acceptors (Lipinski definition) is 5. The van der Waals surface area contributed by atoms with Gasteiger partial charge in [0.05, 0.1) is 7.18 Å². The lowest BCUT2D eigenvalue weighted by molar-refractivity contribution is -0.527. The summed E-state index contributed by atoms with van der Waals surface area (Å²) >= 11 is 1.58. The van der Waals surface area contributed by atoms with Crippen molar-refractivity contribution in [1.82, 2.24) is 0 Å². The first-order chi connectivity index (χ1) is 22.5. The molecule has 1 N–H and O–H groups in total. The molecule has 0 aromatic heterocycles. The van der Waals surface area contributed by atoms with Crippen molar-refractivity contribution < 1.29 is 150 Å². The minimum absolute atomic E-state index is 0. The smallest absolute Gasteiger partial charge is 0.306 e. The van der Waals surface area contributed by atoms with Gasteiger partial charge in [-0.2, -0.15) is 109 Å². The standard InChI is InChI=1S/C8H3F15O5S.C3H2BrF5O.C3H5F3.C2H2F4.CH3F.4CH4/c9-2(10,11)1-27-7(20,21)4(14,5(15,16)17)28-6(18,19)3(12,13)8(22,23)29(24,25)26;4-3(8,9)10-1-2(5,6)7;1-3(5,6)2-4;3-1-2(4,5)6;1-2;;;;/h1H2,(H,24,25,26);1H2;2H2,1H3;1H2;1H3;4*1H4. The van der Waals surface area contributed by atoms with Crippen LogP contribution in [0.4, 0.5) is 123 Å². The maximum atomic E-state index is 13.5. The second-order valence-corrected chi connectivity index (χ2v) is 10.4. The van der Waals surface area contributed by atoms with Crippen LogP contribution in [0.1, 0.15) is 36.6 Å². The number of halogens is 29. The molecule has 0 aromatic rings. The second-order valence-electron chi connectivity index (χ2n) is 8.00. The van der Waals surface area contributed by atoms with E-state index in [1.165, 1.54) is 4.74 Å². The molecule has 0 fully saturated rings. The van der Waals surface area contributed by atoms with Crippen LogP contribution >= 0.6 is 15.9 Å².